The molecule has 0 aliphatic carbocycles. The van der Waals surface area contributed by atoms with Gasteiger partial charge in [-0.25, -0.2) is 4.39 Å². The van der Waals surface area contributed by atoms with E-state index in [0.717, 1.165) is 22.4 Å². The fraction of sp³-hybridized carbons (Fsp3) is 0.200. The maximum Gasteiger partial charge on any atom is 0.253 e. The lowest BCUT2D eigenvalue weighted by molar-refractivity contribution is -0.121. The smallest absolute Gasteiger partial charge is 0.253 e. The van der Waals surface area contributed by atoms with Crippen molar-refractivity contribution >= 4 is 17.5 Å². The van der Waals surface area contributed by atoms with E-state index in [1.807, 2.05) is 32.0 Å². The Morgan fingerprint density at radius 2 is 1.88 bits per heavy atom. The van der Waals surface area contributed by atoms with Gasteiger partial charge in [0.15, 0.2) is 0 Å². The molecule has 1 atom stereocenters. The molecule has 1 heterocycles. The Labute approximate surface area is 145 Å². The lowest BCUT2D eigenvalue weighted by atomic mass is 9.86. The maximum absolute atomic E-state index is 13.2. The number of hydrogen-bond acceptors (Lipinski definition) is 2. The minimum Gasteiger partial charge on any atom is -0.332 e. The molecule has 0 unspecified atom stereocenters. The zero-order chi connectivity index (χ0) is 18.0. The molecule has 4 nitrogen and oxygen atoms in total. The van der Waals surface area contributed by atoms with E-state index in [-0.39, 0.29) is 24.1 Å². The van der Waals surface area contributed by atoms with Gasteiger partial charge in [-0.2, -0.15) is 0 Å². The molecular weight excluding hydrogens is 319 g/mol. The first-order valence-electron chi connectivity index (χ1n) is 8.08. The summed E-state index contributed by atoms with van der Waals surface area (Å²) < 4.78 is 13.2. The van der Waals surface area contributed by atoms with Gasteiger partial charge in [0, 0.05) is 29.8 Å². The summed E-state index contributed by atoms with van der Waals surface area (Å²) in [7, 11) is 0. The van der Waals surface area contributed by atoms with E-state index >= 15 is 0 Å². The Morgan fingerprint density at radius 1 is 1.16 bits per heavy atom. The van der Waals surface area contributed by atoms with E-state index in [1.165, 1.54) is 18.3 Å². The minimum atomic E-state index is -0.403. The van der Waals surface area contributed by atoms with Crippen LogP contribution >= 0.6 is 0 Å². The van der Waals surface area contributed by atoms with E-state index in [4.69, 9.17) is 0 Å². The lowest BCUT2D eigenvalue weighted by Crippen LogP contribution is -2.32. The van der Waals surface area contributed by atoms with Crippen molar-refractivity contribution in [2.75, 3.05) is 5.32 Å². The molecule has 25 heavy (non-hydrogen) atoms. The van der Waals surface area contributed by atoms with Gasteiger partial charge in [0.05, 0.1) is 0 Å². The monoisotopic (exact) mass is 338 g/mol. The molecule has 3 rings (SSSR count). The molecule has 5 heteroatoms. The van der Waals surface area contributed by atoms with Gasteiger partial charge in [-0.15, -0.1) is 0 Å². The quantitative estimate of drug-likeness (QED) is 0.899. The molecule has 0 bridgehead atoms. The average Bonchev–Trinajstić information content (AvgIpc) is 2.59. The van der Waals surface area contributed by atoms with Crippen molar-refractivity contribution in [3.63, 3.8) is 0 Å². The topological polar surface area (TPSA) is 58.2 Å². The molecule has 1 aliphatic heterocycles. The molecule has 128 valence electrons. The molecule has 1 aliphatic rings. The van der Waals surface area contributed by atoms with Crippen LogP contribution in [0.1, 0.15) is 29.0 Å². The van der Waals surface area contributed by atoms with Crippen LogP contribution in [0, 0.1) is 19.7 Å². The van der Waals surface area contributed by atoms with Crippen molar-refractivity contribution in [3.05, 3.63) is 76.7 Å². The summed E-state index contributed by atoms with van der Waals surface area (Å²) in [4.78, 5) is 24.6. The van der Waals surface area contributed by atoms with Crippen LogP contribution in [0.25, 0.3) is 0 Å². The third kappa shape index (κ3) is 3.60. The second-order valence-electron chi connectivity index (χ2n) is 6.18. The van der Waals surface area contributed by atoms with Crippen LogP contribution in [0.5, 0.6) is 0 Å². The number of aryl methyl sites for hydroxylation is 1. The Balaban J connectivity index is 1.89. The van der Waals surface area contributed by atoms with Crippen LogP contribution in [-0.2, 0) is 9.59 Å². The molecule has 0 radical (unpaired) electrons. The molecule has 0 aromatic heterocycles. The van der Waals surface area contributed by atoms with Gasteiger partial charge in [0.2, 0.25) is 5.91 Å². The van der Waals surface area contributed by atoms with Gasteiger partial charge in [-0.05, 0) is 48.7 Å². The minimum absolute atomic E-state index is 0.150. The highest BCUT2D eigenvalue weighted by molar-refractivity contribution is 6.06. The van der Waals surface area contributed by atoms with Gasteiger partial charge in [-0.3, -0.25) is 9.59 Å². The molecule has 0 fully saturated rings. The van der Waals surface area contributed by atoms with Crippen molar-refractivity contribution in [2.45, 2.75) is 26.2 Å². The summed E-state index contributed by atoms with van der Waals surface area (Å²) in [5.74, 6) is -1.20. The molecule has 2 amide bonds. The zero-order valence-corrected chi connectivity index (χ0v) is 14.1. The van der Waals surface area contributed by atoms with E-state index in [2.05, 4.69) is 10.6 Å². The number of amides is 2. The Morgan fingerprint density at radius 3 is 2.60 bits per heavy atom. The molecule has 0 spiro atoms. The second-order valence-corrected chi connectivity index (χ2v) is 6.18. The van der Waals surface area contributed by atoms with Crippen LogP contribution in [0.4, 0.5) is 10.1 Å². The first-order valence-corrected chi connectivity index (χ1v) is 8.08. The number of carbonyl (C=O) groups excluding carboxylic acids is 2. The Hall–Kier alpha value is -2.95. The number of hydrogen-bond donors (Lipinski definition) is 2. The first kappa shape index (κ1) is 16.9. The third-order valence-electron chi connectivity index (χ3n) is 4.54. The normalized spacial score (nSPS) is 16.8. The molecule has 2 aromatic rings. The van der Waals surface area contributed by atoms with Crippen molar-refractivity contribution in [1.82, 2.24) is 5.32 Å². The van der Waals surface area contributed by atoms with Gasteiger partial charge in [-0.1, -0.05) is 24.3 Å². The Kier molecular flexibility index (Phi) is 4.65. The highest BCUT2D eigenvalue weighted by Gasteiger charge is 2.29. The molecule has 0 saturated carbocycles. The van der Waals surface area contributed by atoms with Crippen molar-refractivity contribution in [1.29, 1.82) is 0 Å². The van der Waals surface area contributed by atoms with Gasteiger partial charge in [0.1, 0.15) is 5.82 Å². The fourth-order valence-electron chi connectivity index (χ4n) is 2.91. The van der Waals surface area contributed by atoms with Crippen molar-refractivity contribution in [3.8, 4) is 0 Å². The number of halogens is 1. The summed E-state index contributed by atoms with van der Waals surface area (Å²) in [5, 5.41) is 5.51. The number of nitrogens with one attached hydrogen (secondary N) is 2. The van der Waals surface area contributed by atoms with Crippen LogP contribution in [0.2, 0.25) is 0 Å². The van der Waals surface area contributed by atoms with Crippen LogP contribution < -0.4 is 10.6 Å². The second kappa shape index (κ2) is 6.89. The van der Waals surface area contributed by atoms with Crippen molar-refractivity contribution in [2.24, 2.45) is 0 Å². The number of rotatable bonds is 3. The average molecular weight is 338 g/mol. The summed E-state index contributed by atoms with van der Waals surface area (Å²) in [6, 6.07) is 11.6. The number of carbonyl (C=O) groups is 2. The Bertz CT molecular complexity index is 856. The van der Waals surface area contributed by atoms with E-state index in [0.29, 0.717) is 5.57 Å². The highest BCUT2D eigenvalue weighted by Crippen LogP contribution is 2.31. The third-order valence-corrected chi connectivity index (χ3v) is 4.54. The summed E-state index contributed by atoms with van der Waals surface area (Å²) in [6.07, 6.45) is 1.60. The van der Waals surface area contributed by atoms with Crippen LogP contribution in [0.15, 0.2) is 54.2 Å². The zero-order valence-electron chi connectivity index (χ0n) is 14.1. The van der Waals surface area contributed by atoms with Gasteiger partial charge >= 0.3 is 0 Å². The summed E-state index contributed by atoms with van der Waals surface area (Å²) in [5.41, 5.74) is 4.00. The van der Waals surface area contributed by atoms with E-state index in [9.17, 15) is 14.0 Å². The number of anilines is 1. The summed E-state index contributed by atoms with van der Waals surface area (Å²) >= 11 is 0. The molecule has 2 N–H and O–H groups in total. The van der Waals surface area contributed by atoms with Crippen LogP contribution in [-0.4, -0.2) is 11.8 Å². The van der Waals surface area contributed by atoms with E-state index < -0.39 is 5.92 Å². The fourth-order valence-corrected chi connectivity index (χ4v) is 2.91. The maximum atomic E-state index is 13.2. The predicted octanol–water partition coefficient (Wildman–Crippen LogP) is 3.57. The molecule has 2 aromatic carbocycles. The first-order chi connectivity index (χ1) is 12.0. The molecular formula is C20H19FN2O2. The SMILES string of the molecule is Cc1cccc(NC(=O)C2=CNC(=O)C[C@@H]2c2ccc(F)cc2)c1C. The molecule has 0 saturated heterocycles. The standard InChI is InChI=1S/C20H19FN2O2/c1-12-4-3-5-18(13(12)2)23-20(25)17-11-22-19(24)10-16(17)14-6-8-15(21)9-7-14/h3-9,11,16H,10H2,1-2H3,(H,22,24)(H,23,25)/t16-/m1/s1. The van der Waals surface area contributed by atoms with Gasteiger partial charge in [0.25, 0.3) is 5.91 Å². The van der Waals surface area contributed by atoms with Gasteiger partial charge < -0.3 is 10.6 Å². The van der Waals surface area contributed by atoms with Crippen molar-refractivity contribution < 1.29 is 14.0 Å². The highest BCUT2D eigenvalue weighted by atomic mass is 19.1. The lowest BCUT2D eigenvalue weighted by Gasteiger charge is -2.24. The predicted molar refractivity (Wildman–Crippen MR) is 94.5 cm³/mol. The van der Waals surface area contributed by atoms with Crippen LogP contribution in [0.3, 0.4) is 0 Å². The largest absolute Gasteiger partial charge is 0.332 e. The summed E-state index contributed by atoms with van der Waals surface area (Å²) in [6.45, 7) is 3.92. The number of benzene rings is 2. The van der Waals surface area contributed by atoms with E-state index in [1.54, 1.807) is 12.1 Å².